The lowest BCUT2D eigenvalue weighted by Crippen LogP contribution is -1.96. The van der Waals surface area contributed by atoms with E-state index in [0.29, 0.717) is 5.56 Å². The first-order chi connectivity index (χ1) is 8.56. The highest BCUT2D eigenvalue weighted by atomic mass is 79.9. The van der Waals surface area contributed by atoms with Crippen LogP contribution in [-0.2, 0) is 0 Å². The molecule has 0 aliphatic rings. The molecule has 0 atom stereocenters. The molecule has 0 aliphatic carbocycles. The second kappa shape index (κ2) is 5.31. The molecule has 0 aliphatic heterocycles. The monoisotopic (exact) mass is 304 g/mol. The highest BCUT2D eigenvalue weighted by Crippen LogP contribution is 2.24. The van der Waals surface area contributed by atoms with E-state index >= 15 is 0 Å². The highest BCUT2D eigenvalue weighted by Gasteiger charge is 2.03. The zero-order valence-corrected chi connectivity index (χ0v) is 11.8. The first-order valence-corrected chi connectivity index (χ1v) is 6.36. The van der Waals surface area contributed by atoms with Gasteiger partial charge in [-0.25, -0.2) is 4.98 Å². The summed E-state index contributed by atoms with van der Waals surface area (Å²) >= 11 is 3.46. The Hall–Kier alpha value is -1.68. The second-order valence-electron chi connectivity index (χ2n) is 4.10. The number of halogens is 1. The number of nitrogens with one attached hydrogen (secondary N) is 1. The summed E-state index contributed by atoms with van der Waals surface area (Å²) in [6.07, 6.45) is 1.80. The Balaban J connectivity index is 2.21. The smallest absolute Gasteiger partial charge is 0.159 e. The van der Waals surface area contributed by atoms with Gasteiger partial charge in [-0.3, -0.25) is 4.79 Å². The van der Waals surface area contributed by atoms with Crippen molar-refractivity contribution in [2.75, 3.05) is 5.32 Å². The normalized spacial score (nSPS) is 10.2. The van der Waals surface area contributed by atoms with Gasteiger partial charge >= 0.3 is 0 Å². The largest absolute Gasteiger partial charge is 0.339 e. The van der Waals surface area contributed by atoms with Crippen molar-refractivity contribution in [2.24, 2.45) is 0 Å². The first kappa shape index (κ1) is 12.8. The van der Waals surface area contributed by atoms with Gasteiger partial charge in [-0.1, -0.05) is 0 Å². The standard InChI is InChI=1S/C14H13BrN2O/c1-9-7-13(15)14(16-8-9)17-12-5-3-11(4-6-12)10(2)18/h3-8H,1-2H3,(H,16,17). The Kier molecular flexibility index (Phi) is 3.77. The summed E-state index contributed by atoms with van der Waals surface area (Å²) in [6, 6.07) is 9.33. The van der Waals surface area contributed by atoms with Gasteiger partial charge in [0.25, 0.3) is 0 Å². The Bertz CT molecular complexity index is 579. The number of anilines is 2. The van der Waals surface area contributed by atoms with Crippen LogP contribution in [0.4, 0.5) is 11.5 Å². The maximum Gasteiger partial charge on any atom is 0.159 e. The molecule has 0 saturated heterocycles. The summed E-state index contributed by atoms with van der Waals surface area (Å²) < 4.78 is 0.915. The number of Topliss-reactive ketones (excluding diaryl/α,β-unsaturated/α-hetero) is 1. The summed E-state index contributed by atoms with van der Waals surface area (Å²) in [7, 11) is 0. The number of ketones is 1. The van der Waals surface area contributed by atoms with Gasteiger partial charge in [0.1, 0.15) is 5.82 Å². The van der Waals surface area contributed by atoms with Gasteiger partial charge in [0.2, 0.25) is 0 Å². The average Bonchev–Trinajstić information content (AvgIpc) is 2.33. The molecule has 0 bridgehead atoms. The molecule has 0 amide bonds. The van der Waals surface area contributed by atoms with Gasteiger partial charge in [0.15, 0.2) is 5.78 Å². The Morgan fingerprint density at radius 2 is 1.94 bits per heavy atom. The maximum absolute atomic E-state index is 11.2. The molecule has 4 heteroatoms. The quantitative estimate of drug-likeness (QED) is 0.868. The summed E-state index contributed by atoms with van der Waals surface area (Å²) in [5.41, 5.74) is 2.70. The predicted octanol–water partition coefficient (Wildman–Crippen LogP) is 4.10. The van der Waals surface area contributed by atoms with Gasteiger partial charge in [-0.15, -0.1) is 0 Å². The molecule has 1 aromatic carbocycles. The predicted molar refractivity (Wildman–Crippen MR) is 76.4 cm³/mol. The van der Waals surface area contributed by atoms with Crippen molar-refractivity contribution in [1.82, 2.24) is 4.98 Å². The van der Waals surface area contributed by atoms with Crippen molar-refractivity contribution in [1.29, 1.82) is 0 Å². The van der Waals surface area contributed by atoms with Gasteiger partial charge in [0, 0.05) is 17.4 Å². The molecule has 0 spiro atoms. The molecule has 1 N–H and O–H groups in total. The lowest BCUT2D eigenvalue weighted by Gasteiger charge is -2.08. The van der Waals surface area contributed by atoms with Crippen LogP contribution in [0.1, 0.15) is 22.8 Å². The van der Waals surface area contributed by atoms with Crippen LogP contribution in [0.5, 0.6) is 0 Å². The number of aromatic nitrogens is 1. The van der Waals surface area contributed by atoms with Crippen molar-refractivity contribution in [3.8, 4) is 0 Å². The molecular weight excluding hydrogens is 292 g/mol. The molecule has 3 nitrogen and oxygen atoms in total. The summed E-state index contributed by atoms with van der Waals surface area (Å²) in [6.45, 7) is 3.55. The second-order valence-corrected chi connectivity index (χ2v) is 4.96. The van der Waals surface area contributed by atoms with E-state index in [1.54, 1.807) is 25.3 Å². The third kappa shape index (κ3) is 2.96. The molecule has 0 saturated carbocycles. The van der Waals surface area contributed by atoms with Crippen molar-refractivity contribution in [3.63, 3.8) is 0 Å². The van der Waals surface area contributed by atoms with Crippen molar-refractivity contribution < 1.29 is 4.79 Å². The number of carbonyl (C=O) groups is 1. The molecule has 1 aromatic heterocycles. The molecular formula is C14H13BrN2O. The van der Waals surface area contributed by atoms with Crippen LogP contribution in [0.15, 0.2) is 41.0 Å². The Morgan fingerprint density at radius 3 is 2.50 bits per heavy atom. The van der Waals surface area contributed by atoms with Gasteiger partial charge in [-0.05, 0) is 65.7 Å². The van der Waals surface area contributed by atoms with E-state index in [-0.39, 0.29) is 5.78 Å². The van der Waals surface area contributed by atoms with E-state index in [9.17, 15) is 4.79 Å². The van der Waals surface area contributed by atoms with Crippen LogP contribution in [-0.4, -0.2) is 10.8 Å². The van der Waals surface area contributed by atoms with Crippen LogP contribution in [0.25, 0.3) is 0 Å². The van der Waals surface area contributed by atoms with E-state index in [1.165, 1.54) is 0 Å². The number of carbonyl (C=O) groups excluding carboxylic acids is 1. The first-order valence-electron chi connectivity index (χ1n) is 5.56. The van der Waals surface area contributed by atoms with Crippen LogP contribution in [0, 0.1) is 6.92 Å². The molecule has 2 aromatic rings. The molecule has 0 radical (unpaired) electrons. The van der Waals surface area contributed by atoms with Gasteiger partial charge in [-0.2, -0.15) is 0 Å². The van der Waals surface area contributed by atoms with E-state index < -0.39 is 0 Å². The summed E-state index contributed by atoms with van der Waals surface area (Å²) in [5, 5.41) is 3.20. The zero-order valence-electron chi connectivity index (χ0n) is 10.2. The maximum atomic E-state index is 11.2. The number of pyridine rings is 1. The fourth-order valence-corrected chi connectivity index (χ4v) is 2.11. The van der Waals surface area contributed by atoms with Crippen LogP contribution >= 0.6 is 15.9 Å². The Morgan fingerprint density at radius 1 is 1.28 bits per heavy atom. The number of aryl methyl sites for hydroxylation is 1. The van der Waals surface area contributed by atoms with Gasteiger partial charge in [0.05, 0.1) is 4.47 Å². The molecule has 18 heavy (non-hydrogen) atoms. The van der Waals surface area contributed by atoms with Gasteiger partial charge < -0.3 is 5.32 Å². The number of benzene rings is 1. The molecule has 1 heterocycles. The third-order valence-electron chi connectivity index (χ3n) is 2.53. The Labute approximate surface area is 114 Å². The minimum absolute atomic E-state index is 0.0659. The number of hydrogen-bond donors (Lipinski definition) is 1. The number of rotatable bonds is 3. The summed E-state index contributed by atoms with van der Waals surface area (Å²) in [4.78, 5) is 15.5. The minimum Gasteiger partial charge on any atom is -0.339 e. The fraction of sp³-hybridized carbons (Fsp3) is 0.143. The molecule has 0 unspecified atom stereocenters. The molecule has 2 rings (SSSR count). The number of nitrogens with zero attached hydrogens (tertiary/aromatic N) is 1. The molecule has 0 fully saturated rings. The highest BCUT2D eigenvalue weighted by molar-refractivity contribution is 9.10. The lowest BCUT2D eigenvalue weighted by atomic mass is 10.1. The minimum atomic E-state index is 0.0659. The van der Waals surface area contributed by atoms with E-state index in [0.717, 1.165) is 21.5 Å². The van der Waals surface area contributed by atoms with Crippen LogP contribution in [0.2, 0.25) is 0 Å². The summed E-state index contributed by atoms with van der Waals surface area (Å²) in [5.74, 6) is 0.826. The van der Waals surface area contributed by atoms with E-state index in [2.05, 4.69) is 26.2 Å². The fourth-order valence-electron chi connectivity index (χ4n) is 1.55. The zero-order chi connectivity index (χ0) is 13.1. The molecule has 92 valence electrons. The SMILES string of the molecule is CC(=O)c1ccc(Nc2ncc(C)cc2Br)cc1. The van der Waals surface area contributed by atoms with Crippen LogP contribution < -0.4 is 5.32 Å². The van der Waals surface area contributed by atoms with Crippen molar-refractivity contribution >= 4 is 33.2 Å². The van der Waals surface area contributed by atoms with Crippen LogP contribution in [0.3, 0.4) is 0 Å². The lowest BCUT2D eigenvalue weighted by molar-refractivity contribution is 0.101. The topological polar surface area (TPSA) is 42.0 Å². The third-order valence-corrected chi connectivity index (χ3v) is 3.14. The van der Waals surface area contributed by atoms with E-state index in [1.807, 2.05) is 25.1 Å². The number of hydrogen-bond acceptors (Lipinski definition) is 3. The van der Waals surface area contributed by atoms with Crippen molar-refractivity contribution in [3.05, 3.63) is 52.1 Å². The van der Waals surface area contributed by atoms with Crippen molar-refractivity contribution in [2.45, 2.75) is 13.8 Å². The average molecular weight is 305 g/mol. The van der Waals surface area contributed by atoms with E-state index in [4.69, 9.17) is 0 Å².